The Hall–Kier alpha value is -1.56. The summed E-state index contributed by atoms with van der Waals surface area (Å²) in [6, 6.07) is 0. The van der Waals surface area contributed by atoms with Gasteiger partial charge in [0.2, 0.25) is 0 Å². The van der Waals surface area contributed by atoms with Crippen molar-refractivity contribution in [3.8, 4) is 0 Å². The highest BCUT2D eigenvalue weighted by molar-refractivity contribution is 7.99. The van der Waals surface area contributed by atoms with E-state index in [-0.39, 0.29) is 31.3 Å². The van der Waals surface area contributed by atoms with Gasteiger partial charge >= 0.3 is 11.9 Å². The Morgan fingerprint density at radius 3 is 2.04 bits per heavy atom. The number of thioether (sulfide) groups is 1. The minimum atomic E-state index is -0.559. The zero-order valence-corrected chi connectivity index (χ0v) is 16.9. The van der Waals surface area contributed by atoms with E-state index in [1.54, 1.807) is 0 Å². The Bertz CT molecular complexity index is 437. The van der Waals surface area contributed by atoms with E-state index in [4.69, 9.17) is 9.47 Å². The number of unbranched alkanes of at least 4 members (excludes halogenated alkanes) is 1. The molecule has 0 aliphatic heterocycles. The van der Waals surface area contributed by atoms with Crippen LogP contribution in [-0.4, -0.2) is 42.4 Å². The number of hydrogen-bond donors (Lipinski definition) is 0. The lowest BCUT2D eigenvalue weighted by Crippen LogP contribution is -2.22. The van der Waals surface area contributed by atoms with Crippen LogP contribution in [-0.2, 0) is 23.9 Å². The maximum absolute atomic E-state index is 12.2. The van der Waals surface area contributed by atoms with Crippen LogP contribution in [0, 0.1) is 5.92 Å². The highest BCUT2D eigenvalue weighted by Crippen LogP contribution is 2.20. The average Bonchev–Trinajstić information content (AvgIpc) is 2.65. The van der Waals surface area contributed by atoms with Crippen molar-refractivity contribution in [1.82, 2.24) is 0 Å². The molecule has 0 N–H and O–H groups in total. The first-order valence-electron chi connectivity index (χ1n) is 9.09. The number of Topliss-reactive ketones (excluding diaryl/α,β-unsaturated/α-hetero) is 1. The lowest BCUT2D eigenvalue weighted by atomic mass is 10.00. The third-order valence-electron chi connectivity index (χ3n) is 3.95. The molecule has 0 spiro atoms. The van der Waals surface area contributed by atoms with Gasteiger partial charge in [0.1, 0.15) is 5.78 Å². The van der Waals surface area contributed by atoms with E-state index in [0.29, 0.717) is 11.7 Å². The van der Waals surface area contributed by atoms with Crippen molar-refractivity contribution in [3.05, 3.63) is 25.3 Å². The Labute approximate surface area is 161 Å². The molecule has 0 radical (unpaired) electrons. The molecular formula is C20H32O5S. The van der Waals surface area contributed by atoms with Gasteiger partial charge < -0.3 is 9.47 Å². The number of hydrogen-bond acceptors (Lipinski definition) is 6. The van der Waals surface area contributed by atoms with Crippen molar-refractivity contribution < 1.29 is 23.9 Å². The predicted octanol–water partition coefficient (Wildman–Crippen LogP) is 4.11. The summed E-state index contributed by atoms with van der Waals surface area (Å²) >= 11 is 1.89. The molecule has 0 aromatic heterocycles. The third kappa shape index (κ3) is 12.8. The number of carbonyl (C=O) groups is 3. The zero-order chi connectivity index (χ0) is 19.8. The Kier molecular flexibility index (Phi) is 14.7. The summed E-state index contributed by atoms with van der Waals surface area (Å²) in [5.41, 5.74) is 0. The Morgan fingerprint density at radius 2 is 1.58 bits per heavy atom. The summed E-state index contributed by atoms with van der Waals surface area (Å²) in [6.45, 7) is 8.88. The van der Waals surface area contributed by atoms with Crippen molar-refractivity contribution >= 4 is 29.5 Å². The van der Waals surface area contributed by atoms with Gasteiger partial charge in [0.25, 0.3) is 0 Å². The Balaban J connectivity index is 4.28. The molecule has 1 atom stereocenters. The summed E-state index contributed by atoms with van der Waals surface area (Å²) in [6.07, 6.45) is 10.4. The second kappa shape index (κ2) is 15.7. The van der Waals surface area contributed by atoms with E-state index in [9.17, 15) is 14.4 Å². The van der Waals surface area contributed by atoms with E-state index in [2.05, 4.69) is 26.3 Å². The van der Waals surface area contributed by atoms with Crippen LogP contribution in [0.3, 0.4) is 0 Å². The SMILES string of the molecule is C=CC(=O)OCC(COC(=O)C=C)CC(=O)CCCCC(CCC)SC. The molecule has 0 fully saturated rings. The molecule has 0 aliphatic rings. The third-order valence-corrected chi connectivity index (χ3v) is 5.09. The van der Waals surface area contributed by atoms with Crippen LogP contribution >= 0.6 is 11.8 Å². The number of carbonyl (C=O) groups excluding carboxylic acids is 3. The fourth-order valence-electron chi connectivity index (χ4n) is 2.50. The van der Waals surface area contributed by atoms with E-state index in [1.165, 1.54) is 12.8 Å². The summed E-state index contributed by atoms with van der Waals surface area (Å²) in [7, 11) is 0. The van der Waals surface area contributed by atoms with Crippen molar-refractivity contribution in [2.24, 2.45) is 5.92 Å². The van der Waals surface area contributed by atoms with Gasteiger partial charge in [-0.05, 0) is 25.5 Å². The van der Waals surface area contributed by atoms with Crippen LogP contribution in [0.2, 0.25) is 0 Å². The topological polar surface area (TPSA) is 69.7 Å². The summed E-state index contributed by atoms with van der Waals surface area (Å²) in [5.74, 6) is -1.38. The lowest BCUT2D eigenvalue weighted by molar-refractivity contribution is -0.144. The standard InChI is InChI=1S/C20H32O5S/c1-5-10-18(26-4)12-9-8-11-17(21)13-16(14-24-19(22)6-2)15-25-20(23)7-3/h6-7,16,18H,2-3,5,8-15H2,1,4H3. The normalized spacial score (nSPS) is 11.7. The molecule has 1 unspecified atom stereocenters. The van der Waals surface area contributed by atoms with Gasteiger partial charge in [0, 0.05) is 36.2 Å². The molecule has 0 aromatic rings. The first-order chi connectivity index (χ1) is 12.5. The summed E-state index contributed by atoms with van der Waals surface area (Å²) < 4.78 is 9.98. The monoisotopic (exact) mass is 384 g/mol. The van der Waals surface area contributed by atoms with Crippen LogP contribution < -0.4 is 0 Å². The van der Waals surface area contributed by atoms with E-state index in [1.807, 2.05) is 11.8 Å². The summed E-state index contributed by atoms with van der Waals surface area (Å²) in [5, 5.41) is 0.666. The maximum Gasteiger partial charge on any atom is 0.330 e. The van der Waals surface area contributed by atoms with Crippen molar-refractivity contribution in [2.75, 3.05) is 19.5 Å². The number of ketones is 1. The minimum Gasteiger partial charge on any atom is -0.462 e. The van der Waals surface area contributed by atoms with Gasteiger partial charge in [-0.3, -0.25) is 4.79 Å². The highest BCUT2D eigenvalue weighted by Gasteiger charge is 2.18. The number of ether oxygens (including phenoxy) is 2. The largest absolute Gasteiger partial charge is 0.462 e. The molecule has 0 amide bonds. The number of rotatable bonds is 16. The second-order valence-electron chi connectivity index (χ2n) is 6.17. The van der Waals surface area contributed by atoms with Gasteiger partial charge in [-0.2, -0.15) is 11.8 Å². The maximum atomic E-state index is 12.2. The molecule has 0 aliphatic carbocycles. The van der Waals surface area contributed by atoms with Gasteiger partial charge in [0.15, 0.2) is 0 Å². The second-order valence-corrected chi connectivity index (χ2v) is 7.31. The quantitative estimate of drug-likeness (QED) is 0.227. The molecular weight excluding hydrogens is 352 g/mol. The van der Waals surface area contributed by atoms with Gasteiger partial charge in [-0.1, -0.05) is 32.9 Å². The van der Waals surface area contributed by atoms with E-state index >= 15 is 0 Å². The van der Waals surface area contributed by atoms with Crippen molar-refractivity contribution in [2.45, 2.75) is 57.1 Å². The van der Waals surface area contributed by atoms with Crippen molar-refractivity contribution in [3.63, 3.8) is 0 Å². The predicted molar refractivity (Wildman–Crippen MR) is 106 cm³/mol. The minimum absolute atomic E-state index is 0.0199. The fraction of sp³-hybridized carbons (Fsp3) is 0.650. The van der Waals surface area contributed by atoms with Crippen LogP contribution in [0.25, 0.3) is 0 Å². The van der Waals surface area contributed by atoms with Crippen LogP contribution in [0.1, 0.15) is 51.9 Å². The first-order valence-corrected chi connectivity index (χ1v) is 10.4. The first kappa shape index (κ1) is 24.4. The fourth-order valence-corrected chi connectivity index (χ4v) is 3.38. The molecule has 0 saturated carbocycles. The molecule has 0 saturated heterocycles. The van der Waals surface area contributed by atoms with E-state index < -0.39 is 11.9 Å². The van der Waals surface area contributed by atoms with E-state index in [0.717, 1.165) is 31.4 Å². The lowest BCUT2D eigenvalue weighted by Gasteiger charge is -2.16. The molecule has 0 rings (SSSR count). The zero-order valence-electron chi connectivity index (χ0n) is 16.0. The van der Waals surface area contributed by atoms with Gasteiger partial charge in [-0.15, -0.1) is 0 Å². The van der Waals surface area contributed by atoms with Gasteiger partial charge in [0.05, 0.1) is 13.2 Å². The molecule has 148 valence electrons. The average molecular weight is 385 g/mol. The van der Waals surface area contributed by atoms with Crippen LogP contribution in [0.15, 0.2) is 25.3 Å². The molecule has 0 aromatic carbocycles. The molecule has 5 nitrogen and oxygen atoms in total. The summed E-state index contributed by atoms with van der Waals surface area (Å²) in [4.78, 5) is 34.6. The molecule has 0 bridgehead atoms. The smallest absolute Gasteiger partial charge is 0.330 e. The van der Waals surface area contributed by atoms with Crippen LogP contribution in [0.4, 0.5) is 0 Å². The molecule has 26 heavy (non-hydrogen) atoms. The Morgan fingerprint density at radius 1 is 1.00 bits per heavy atom. The molecule has 0 heterocycles. The number of esters is 2. The van der Waals surface area contributed by atoms with Crippen molar-refractivity contribution in [1.29, 1.82) is 0 Å². The molecule has 6 heteroatoms. The highest BCUT2D eigenvalue weighted by atomic mass is 32.2. The van der Waals surface area contributed by atoms with Crippen LogP contribution in [0.5, 0.6) is 0 Å². The van der Waals surface area contributed by atoms with Gasteiger partial charge in [-0.25, -0.2) is 9.59 Å².